The first-order valence-corrected chi connectivity index (χ1v) is 5.97. The third-order valence-electron chi connectivity index (χ3n) is 2.77. The van der Waals surface area contributed by atoms with Crippen LogP contribution >= 0.6 is 0 Å². The molecule has 0 saturated carbocycles. The molecule has 1 aromatic rings. The van der Waals surface area contributed by atoms with E-state index in [0.29, 0.717) is 0 Å². The van der Waals surface area contributed by atoms with Crippen LogP contribution < -0.4 is 5.32 Å². The molecule has 0 saturated heterocycles. The van der Waals surface area contributed by atoms with Crippen LogP contribution in [-0.4, -0.2) is 30.4 Å². The maximum Gasteiger partial charge on any atom is 0.401 e. The van der Waals surface area contributed by atoms with E-state index >= 15 is 0 Å². The molecule has 0 aliphatic rings. The standard InChI is InChI=1S/C13H16F3NO3/c1-3-20-11(19)12(2,17-8-13(14,15)16)9-4-6-10(18)7-5-9/h4-7,17-18H,3,8H2,1-2H3. The van der Waals surface area contributed by atoms with Gasteiger partial charge in [-0.25, -0.2) is 4.79 Å². The van der Waals surface area contributed by atoms with Gasteiger partial charge < -0.3 is 9.84 Å². The van der Waals surface area contributed by atoms with Gasteiger partial charge in [-0.1, -0.05) is 12.1 Å². The summed E-state index contributed by atoms with van der Waals surface area (Å²) in [6.07, 6.45) is -4.45. The molecule has 4 nitrogen and oxygen atoms in total. The molecule has 0 amide bonds. The van der Waals surface area contributed by atoms with E-state index in [1.165, 1.54) is 31.2 Å². The average Bonchev–Trinajstić information content (AvgIpc) is 2.36. The fourth-order valence-electron chi connectivity index (χ4n) is 1.64. The molecule has 0 aromatic heterocycles. The summed E-state index contributed by atoms with van der Waals surface area (Å²) in [6.45, 7) is 1.60. The lowest BCUT2D eigenvalue weighted by Gasteiger charge is -2.29. The molecule has 0 fully saturated rings. The average molecular weight is 291 g/mol. The predicted molar refractivity (Wildman–Crippen MR) is 66.1 cm³/mol. The minimum atomic E-state index is -4.45. The van der Waals surface area contributed by atoms with Gasteiger partial charge in [-0.2, -0.15) is 13.2 Å². The number of phenols is 1. The van der Waals surface area contributed by atoms with Crippen molar-refractivity contribution >= 4 is 5.97 Å². The number of hydrogen-bond donors (Lipinski definition) is 2. The third-order valence-corrected chi connectivity index (χ3v) is 2.77. The van der Waals surface area contributed by atoms with Crippen molar-refractivity contribution in [3.63, 3.8) is 0 Å². The van der Waals surface area contributed by atoms with Gasteiger partial charge in [0, 0.05) is 0 Å². The molecule has 0 aliphatic heterocycles. The molecule has 0 radical (unpaired) electrons. The molecule has 112 valence electrons. The first kappa shape index (κ1) is 16.3. The summed E-state index contributed by atoms with van der Waals surface area (Å²) >= 11 is 0. The fourth-order valence-corrected chi connectivity index (χ4v) is 1.64. The second-order valence-corrected chi connectivity index (χ2v) is 4.36. The Kier molecular flexibility index (Phi) is 4.99. The van der Waals surface area contributed by atoms with Crippen molar-refractivity contribution in [2.24, 2.45) is 0 Å². The third kappa shape index (κ3) is 4.12. The lowest BCUT2D eigenvalue weighted by atomic mass is 9.92. The maximum atomic E-state index is 12.4. The molecule has 1 unspecified atom stereocenters. The largest absolute Gasteiger partial charge is 0.508 e. The van der Waals surface area contributed by atoms with Crippen LogP contribution in [0.25, 0.3) is 0 Å². The fraction of sp³-hybridized carbons (Fsp3) is 0.462. The zero-order valence-electron chi connectivity index (χ0n) is 11.1. The van der Waals surface area contributed by atoms with Crippen molar-refractivity contribution in [2.75, 3.05) is 13.2 Å². The van der Waals surface area contributed by atoms with Crippen molar-refractivity contribution in [3.8, 4) is 5.75 Å². The number of benzene rings is 1. The van der Waals surface area contributed by atoms with Crippen LogP contribution in [0.2, 0.25) is 0 Å². The molecule has 2 N–H and O–H groups in total. The van der Waals surface area contributed by atoms with Crippen molar-refractivity contribution in [1.82, 2.24) is 5.32 Å². The van der Waals surface area contributed by atoms with Gasteiger partial charge in [-0.05, 0) is 31.5 Å². The molecule has 0 heterocycles. The molecule has 0 spiro atoms. The van der Waals surface area contributed by atoms with Gasteiger partial charge in [0.2, 0.25) is 0 Å². The number of aromatic hydroxyl groups is 1. The number of rotatable bonds is 5. The van der Waals surface area contributed by atoms with Gasteiger partial charge in [-0.3, -0.25) is 5.32 Å². The minimum Gasteiger partial charge on any atom is -0.508 e. The highest BCUT2D eigenvalue weighted by Gasteiger charge is 2.40. The Morgan fingerprint density at radius 1 is 1.30 bits per heavy atom. The quantitative estimate of drug-likeness (QED) is 0.817. The molecule has 0 bridgehead atoms. The summed E-state index contributed by atoms with van der Waals surface area (Å²) in [5, 5.41) is 11.4. The maximum absolute atomic E-state index is 12.4. The Morgan fingerprint density at radius 2 is 1.85 bits per heavy atom. The topological polar surface area (TPSA) is 58.6 Å². The molecular formula is C13H16F3NO3. The van der Waals surface area contributed by atoms with Gasteiger partial charge in [-0.15, -0.1) is 0 Å². The van der Waals surface area contributed by atoms with Crippen LogP contribution in [-0.2, 0) is 15.1 Å². The smallest absolute Gasteiger partial charge is 0.401 e. The predicted octanol–water partition coefficient (Wildman–Crippen LogP) is 2.32. The molecule has 20 heavy (non-hydrogen) atoms. The summed E-state index contributed by atoms with van der Waals surface area (Å²) in [7, 11) is 0. The summed E-state index contributed by atoms with van der Waals surface area (Å²) in [4.78, 5) is 12.0. The van der Waals surface area contributed by atoms with Crippen LogP contribution in [0.5, 0.6) is 5.75 Å². The number of esters is 1. The van der Waals surface area contributed by atoms with E-state index in [4.69, 9.17) is 4.74 Å². The van der Waals surface area contributed by atoms with Crippen molar-refractivity contribution in [3.05, 3.63) is 29.8 Å². The summed E-state index contributed by atoms with van der Waals surface area (Å²) < 4.78 is 41.9. The van der Waals surface area contributed by atoms with E-state index in [1.54, 1.807) is 6.92 Å². The highest BCUT2D eigenvalue weighted by Crippen LogP contribution is 2.26. The molecule has 0 aliphatic carbocycles. The number of carbonyl (C=O) groups is 1. The van der Waals surface area contributed by atoms with Gasteiger partial charge in [0.15, 0.2) is 0 Å². The molecule has 1 rings (SSSR count). The molecule has 1 aromatic carbocycles. The van der Waals surface area contributed by atoms with E-state index in [1.807, 2.05) is 0 Å². The van der Waals surface area contributed by atoms with Crippen molar-refractivity contribution in [1.29, 1.82) is 0 Å². The van der Waals surface area contributed by atoms with E-state index in [0.717, 1.165) is 0 Å². The number of nitrogens with one attached hydrogen (secondary N) is 1. The summed E-state index contributed by atoms with van der Waals surface area (Å²) in [5.74, 6) is -0.856. The van der Waals surface area contributed by atoms with Crippen molar-refractivity contribution in [2.45, 2.75) is 25.6 Å². The zero-order valence-corrected chi connectivity index (χ0v) is 11.1. The summed E-state index contributed by atoms with van der Waals surface area (Å²) in [5.41, 5.74) is -1.36. The van der Waals surface area contributed by atoms with Crippen molar-refractivity contribution < 1.29 is 27.8 Å². The Morgan fingerprint density at radius 3 is 2.30 bits per heavy atom. The first-order chi connectivity index (χ1) is 9.19. The first-order valence-electron chi connectivity index (χ1n) is 5.97. The summed E-state index contributed by atoms with van der Waals surface area (Å²) in [6, 6.07) is 5.33. The van der Waals surface area contributed by atoms with Gasteiger partial charge in [0.1, 0.15) is 11.3 Å². The lowest BCUT2D eigenvalue weighted by molar-refractivity contribution is -0.155. The number of carbonyl (C=O) groups excluding carboxylic acids is 1. The van der Waals surface area contributed by atoms with Crippen LogP contribution in [0.3, 0.4) is 0 Å². The number of halogens is 3. The Hall–Kier alpha value is -1.76. The highest BCUT2D eigenvalue weighted by molar-refractivity contribution is 5.82. The van der Waals surface area contributed by atoms with Crippen LogP contribution in [0.15, 0.2) is 24.3 Å². The Labute approximate surface area is 114 Å². The van der Waals surface area contributed by atoms with E-state index in [-0.39, 0.29) is 17.9 Å². The van der Waals surface area contributed by atoms with Crippen LogP contribution in [0.1, 0.15) is 19.4 Å². The Bertz CT molecular complexity index is 459. The molecule has 1 atom stereocenters. The van der Waals surface area contributed by atoms with E-state index < -0.39 is 24.2 Å². The number of ether oxygens (including phenoxy) is 1. The number of hydrogen-bond acceptors (Lipinski definition) is 4. The lowest BCUT2D eigenvalue weighted by Crippen LogP contribution is -2.50. The highest BCUT2D eigenvalue weighted by atomic mass is 19.4. The van der Waals surface area contributed by atoms with E-state index in [2.05, 4.69) is 5.32 Å². The van der Waals surface area contributed by atoms with Crippen LogP contribution in [0.4, 0.5) is 13.2 Å². The van der Waals surface area contributed by atoms with Crippen LogP contribution in [0, 0.1) is 0 Å². The Balaban J connectivity index is 3.06. The second-order valence-electron chi connectivity index (χ2n) is 4.36. The monoisotopic (exact) mass is 291 g/mol. The van der Waals surface area contributed by atoms with Gasteiger partial charge in [0.25, 0.3) is 0 Å². The zero-order chi connectivity index (χ0) is 15.4. The number of alkyl halides is 3. The normalized spacial score (nSPS) is 14.7. The second kappa shape index (κ2) is 6.13. The minimum absolute atomic E-state index is 0.0456. The molecule has 7 heteroatoms. The van der Waals surface area contributed by atoms with E-state index in [9.17, 15) is 23.1 Å². The SMILES string of the molecule is CCOC(=O)C(C)(NCC(F)(F)F)c1ccc(O)cc1. The van der Waals surface area contributed by atoms with Gasteiger partial charge in [0.05, 0.1) is 13.2 Å². The van der Waals surface area contributed by atoms with Gasteiger partial charge >= 0.3 is 12.1 Å². The molecular weight excluding hydrogens is 275 g/mol. The number of phenolic OH excluding ortho intramolecular Hbond substituents is 1.